The van der Waals surface area contributed by atoms with Crippen molar-refractivity contribution >= 4 is 22.8 Å². The first-order valence-electron chi connectivity index (χ1n) is 10.5. The summed E-state index contributed by atoms with van der Waals surface area (Å²) in [6.45, 7) is 1.29. The van der Waals surface area contributed by atoms with Crippen molar-refractivity contribution in [1.82, 2.24) is 25.6 Å². The van der Waals surface area contributed by atoms with Crippen LogP contribution in [0.2, 0.25) is 0 Å². The van der Waals surface area contributed by atoms with Gasteiger partial charge in [0.1, 0.15) is 5.52 Å². The summed E-state index contributed by atoms with van der Waals surface area (Å²) in [4.78, 5) is 24.3. The topological polar surface area (TPSA) is 88.9 Å². The molecule has 2 heterocycles. The van der Waals surface area contributed by atoms with Crippen LogP contribution in [-0.2, 0) is 22.6 Å². The molecule has 156 valence electrons. The summed E-state index contributed by atoms with van der Waals surface area (Å²) >= 11 is 0. The molecule has 0 radical (unpaired) electrons. The van der Waals surface area contributed by atoms with E-state index in [1.165, 1.54) is 5.56 Å². The monoisotopic (exact) mass is 405 g/mol. The van der Waals surface area contributed by atoms with E-state index in [-0.39, 0.29) is 17.4 Å². The van der Waals surface area contributed by atoms with E-state index in [1.807, 2.05) is 47.1 Å². The lowest BCUT2D eigenvalue weighted by atomic mass is 9.85. The molecule has 1 aromatic heterocycles. The third-order valence-electron chi connectivity index (χ3n) is 5.74. The highest BCUT2D eigenvalue weighted by Crippen LogP contribution is 2.29. The lowest BCUT2D eigenvalue weighted by Gasteiger charge is -2.29. The van der Waals surface area contributed by atoms with E-state index in [0.29, 0.717) is 32.4 Å². The van der Waals surface area contributed by atoms with Crippen LogP contribution in [-0.4, -0.2) is 38.9 Å². The van der Waals surface area contributed by atoms with Crippen LogP contribution in [0.3, 0.4) is 0 Å². The van der Waals surface area contributed by atoms with Crippen molar-refractivity contribution in [3.8, 4) is 0 Å². The van der Waals surface area contributed by atoms with Gasteiger partial charge < -0.3 is 10.6 Å². The summed E-state index contributed by atoms with van der Waals surface area (Å²) < 4.78 is 1.87. The first-order valence-corrected chi connectivity index (χ1v) is 10.5. The SMILES string of the molecule is O=C(CCC1(Cc2ccccc2)CCC(=O)N1)NCCCn1nnc2ccccc21. The maximum atomic E-state index is 12.4. The number of carbonyl (C=O) groups excluding carboxylic acids is 2. The van der Waals surface area contributed by atoms with Crippen LogP contribution in [0.4, 0.5) is 0 Å². The van der Waals surface area contributed by atoms with Gasteiger partial charge in [0.2, 0.25) is 11.8 Å². The standard InChI is InChI=1S/C23H27N5O2/c29-21(24-15-6-16-28-20-10-5-4-9-19(20)26-27-28)11-13-23(14-12-22(30)25-23)17-18-7-2-1-3-8-18/h1-5,7-10H,6,11-17H2,(H,24,29)(H,25,30). The second-order valence-electron chi connectivity index (χ2n) is 8.00. The van der Waals surface area contributed by atoms with E-state index in [4.69, 9.17) is 0 Å². The molecular weight excluding hydrogens is 378 g/mol. The summed E-state index contributed by atoms with van der Waals surface area (Å²) in [5.41, 5.74) is 2.74. The van der Waals surface area contributed by atoms with Gasteiger partial charge in [0.25, 0.3) is 0 Å². The molecule has 1 saturated heterocycles. The Morgan fingerprint density at radius 3 is 2.73 bits per heavy atom. The average Bonchev–Trinajstić information content (AvgIpc) is 3.34. The molecule has 0 spiro atoms. The fourth-order valence-corrected chi connectivity index (χ4v) is 4.15. The molecule has 1 aliphatic rings. The van der Waals surface area contributed by atoms with Crippen LogP contribution >= 0.6 is 0 Å². The average molecular weight is 406 g/mol. The highest BCUT2D eigenvalue weighted by Gasteiger charge is 2.37. The fourth-order valence-electron chi connectivity index (χ4n) is 4.15. The second-order valence-corrected chi connectivity index (χ2v) is 8.00. The number of fused-ring (bicyclic) bond motifs is 1. The number of hydrogen-bond acceptors (Lipinski definition) is 4. The summed E-state index contributed by atoms with van der Waals surface area (Å²) in [5, 5.41) is 14.4. The van der Waals surface area contributed by atoms with Gasteiger partial charge in [-0.25, -0.2) is 4.68 Å². The molecule has 0 bridgehead atoms. The van der Waals surface area contributed by atoms with Gasteiger partial charge in [0, 0.05) is 31.5 Å². The van der Waals surface area contributed by atoms with E-state index in [9.17, 15) is 9.59 Å². The molecule has 2 amide bonds. The van der Waals surface area contributed by atoms with Crippen LogP contribution in [0.5, 0.6) is 0 Å². The minimum absolute atomic E-state index is 0.0204. The molecule has 1 fully saturated rings. The number of hydrogen-bond donors (Lipinski definition) is 2. The summed E-state index contributed by atoms with van der Waals surface area (Å²) in [6.07, 6.45) is 3.89. The number of para-hydroxylation sites is 1. The summed E-state index contributed by atoms with van der Waals surface area (Å²) in [5.74, 6) is 0.0958. The lowest BCUT2D eigenvalue weighted by molar-refractivity contribution is -0.122. The van der Waals surface area contributed by atoms with E-state index in [0.717, 1.165) is 30.3 Å². The number of aromatic nitrogens is 3. The molecule has 0 aliphatic carbocycles. The number of nitrogens with zero attached hydrogens (tertiary/aromatic N) is 3. The first kappa shape index (κ1) is 20.1. The Labute approximate surface area is 175 Å². The number of nitrogens with one attached hydrogen (secondary N) is 2. The Hall–Kier alpha value is -3.22. The molecule has 2 N–H and O–H groups in total. The zero-order chi connectivity index (χ0) is 20.8. The highest BCUT2D eigenvalue weighted by molar-refractivity contribution is 5.80. The molecule has 2 aromatic carbocycles. The molecule has 4 rings (SSSR count). The van der Waals surface area contributed by atoms with Gasteiger partial charge in [-0.05, 0) is 43.4 Å². The zero-order valence-corrected chi connectivity index (χ0v) is 17.0. The van der Waals surface area contributed by atoms with Gasteiger partial charge in [0.15, 0.2) is 0 Å². The van der Waals surface area contributed by atoms with Gasteiger partial charge in [-0.1, -0.05) is 47.7 Å². The Kier molecular flexibility index (Phi) is 6.07. The molecule has 0 saturated carbocycles. The maximum absolute atomic E-state index is 12.4. The van der Waals surface area contributed by atoms with Crippen LogP contribution in [0.15, 0.2) is 54.6 Å². The predicted octanol–water partition coefficient (Wildman–Crippen LogP) is 2.61. The van der Waals surface area contributed by atoms with Crippen molar-refractivity contribution in [2.75, 3.05) is 6.54 Å². The second kappa shape index (κ2) is 9.07. The van der Waals surface area contributed by atoms with Crippen molar-refractivity contribution < 1.29 is 9.59 Å². The van der Waals surface area contributed by atoms with Crippen LogP contribution < -0.4 is 10.6 Å². The Bertz CT molecular complexity index is 1020. The lowest BCUT2D eigenvalue weighted by Crippen LogP contribution is -2.44. The molecule has 1 aliphatic heterocycles. The van der Waals surface area contributed by atoms with Gasteiger partial charge in [-0.2, -0.15) is 0 Å². The largest absolute Gasteiger partial charge is 0.356 e. The van der Waals surface area contributed by atoms with Crippen molar-refractivity contribution in [1.29, 1.82) is 0 Å². The first-order chi connectivity index (χ1) is 14.6. The highest BCUT2D eigenvalue weighted by atomic mass is 16.2. The number of rotatable bonds is 9. The van der Waals surface area contributed by atoms with Crippen LogP contribution in [0, 0.1) is 0 Å². The van der Waals surface area contributed by atoms with Gasteiger partial charge in [-0.15, -0.1) is 5.10 Å². The smallest absolute Gasteiger partial charge is 0.220 e. The number of aryl methyl sites for hydroxylation is 1. The van der Waals surface area contributed by atoms with E-state index in [2.05, 4.69) is 33.1 Å². The number of carbonyl (C=O) groups is 2. The summed E-state index contributed by atoms with van der Waals surface area (Å²) in [6, 6.07) is 18.0. The zero-order valence-electron chi connectivity index (χ0n) is 17.0. The van der Waals surface area contributed by atoms with Crippen molar-refractivity contribution in [2.45, 2.75) is 50.6 Å². The minimum atomic E-state index is -0.324. The Balaban J connectivity index is 1.24. The molecule has 30 heavy (non-hydrogen) atoms. The molecule has 3 aromatic rings. The maximum Gasteiger partial charge on any atom is 0.220 e. The van der Waals surface area contributed by atoms with Gasteiger partial charge >= 0.3 is 0 Å². The number of benzene rings is 2. The minimum Gasteiger partial charge on any atom is -0.356 e. The van der Waals surface area contributed by atoms with E-state index < -0.39 is 0 Å². The molecule has 7 nitrogen and oxygen atoms in total. The van der Waals surface area contributed by atoms with Crippen LogP contribution in [0.1, 0.15) is 37.7 Å². The van der Waals surface area contributed by atoms with Crippen molar-refractivity contribution in [3.63, 3.8) is 0 Å². The predicted molar refractivity (Wildman–Crippen MR) is 115 cm³/mol. The Morgan fingerprint density at radius 2 is 1.93 bits per heavy atom. The number of amides is 2. The van der Waals surface area contributed by atoms with Crippen LogP contribution in [0.25, 0.3) is 11.0 Å². The quantitative estimate of drug-likeness (QED) is 0.536. The van der Waals surface area contributed by atoms with E-state index in [1.54, 1.807) is 0 Å². The van der Waals surface area contributed by atoms with E-state index >= 15 is 0 Å². The summed E-state index contributed by atoms with van der Waals surface area (Å²) in [7, 11) is 0. The Morgan fingerprint density at radius 1 is 1.13 bits per heavy atom. The van der Waals surface area contributed by atoms with Crippen molar-refractivity contribution in [2.24, 2.45) is 0 Å². The van der Waals surface area contributed by atoms with Gasteiger partial charge in [0.05, 0.1) is 5.52 Å². The molecular formula is C23H27N5O2. The van der Waals surface area contributed by atoms with Gasteiger partial charge in [-0.3, -0.25) is 9.59 Å². The molecule has 7 heteroatoms. The normalized spacial score (nSPS) is 18.5. The van der Waals surface area contributed by atoms with Crippen molar-refractivity contribution in [3.05, 3.63) is 60.2 Å². The molecule has 1 atom stereocenters. The fraction of sp³-hybridized carbons (Fsp3) is 0.391. The third kappa shape index (κ3) is 4.84. The molecule has 1 unspecified atom stereocenters. The third-order valence-corrected chi connectivity index (χ3v) is 5.74.